The number of hydrogen-bond acceptors (Lipinski definition) is 5. The summed E-state index contributed by atoms with van der Waals surface area (Å²) in [6, 6.07) is 9.63. The summed E-state index contributed by atoms with van der Waals surface area (Å²) in [5.41, 5.74) is 2.99. The summed E-state index contributed by atoms with van der Waals surface area (Å²) in [5, 5.41) is 12.5. The molecular weight excluding hydrogens is 360 g/mol. The third kappa shape index (κ3) is 4.63. The highest BCUT2D eigenvalue weighted by molar-refractivity contribution is 7.16. The number of methoxy groups -OCH3 is 1. The number of aryl methyl sites for hydroxylation is 1. The lowest BCUT2D eigenvalue weighted by Gasteiger charge is -2.07. The fourth-order valence-electron chi connectivity index (χ4n) is 2.53. The fourth-order valence-corrected chi connectivity index (χ4v) is 3.57. The molecule has 0 spiro atoms. The van der Waals surface area contributed by atoms with Crippen molar-refractivity contribution in [1.82, 2.24) is 0 Å². The first-order chi connectivity index (χ1) is 12.8. The van der Waals surface area contributed by atoms with Crippen LogP contribution in [-0.2, 0) is 9.53 Å². The second-order valence-electron chi connectivity index (χ2n) is 6.42. The van der Waals surface area contributed by atoms with E-state index in [1.54, 1.807) is 6.92 Å². The van der Waals surface area contributed by atoms with Gasteiger partial charge in [-0.25, -0.2) is 4.79 Å². The van der Waals surface area contributed by atoms with Crippen molar-refractivity contribution in [2.24, 2.45) is 0 Å². The topological polar surface area (TPSA) is 79.2 Å². The molecule has 1 aromatic carbocycles. The highest BCUT2D eigenvalue weighted by Gasteiger charge is 2.22. The molecule has 0 radical (unpaired) electrons. The zero-order chi connectivity index (χ0) is 20.1. The highest BCUT2D eigenvalue weighted by Crippen LogP contribution is 2.33. The Balaban J connectivity index is 2.29. The second kappa shape index (κ2) is 8.65. The van der Waals surface area contributed by atoms with Gasteiger partial charge in [0.1, 0.15) is 16.6 Å². The Kier molecular flexibility index (Phi) is 6.54. The summed E-state index contributed by atoms with van der Waals surface area (Å²) in [6.07, 6.45) is 1.53. The number of carbonyl (C=O) groups excluding carboxylic acids is 2. The third-order valence-corrected chi connectivity index (χ3v) is 5.40. The van der Waals surface area contributed by atoms with Gasteiger partial charge in [0.15, 0.2) is 0 Å². The van der Waals surface area contributed by atoms with E-state index < -0.39 is 11.9 Å². The van der Waals surface area contributed by atoms with E-state index in [9.17, 15) is 14.9 Å². The molecule has 1 N–H and O–H groups in total. The van der Waals surface area contributed by atoms with Crippen LogP contribution in [0.1, 0.15) is 51.7 Å². The third-order valence-electron chi connectivity index (χ3n) is 4.28. The zero-order valence-electron chi connectivity index (χ0n) is 16.0. The molecule has 0 aliphatic heterocycles. The molecule has 2 aromatic rings. The Labute approximate surface area is 163 Å². The maximum Gasteiger partial charge on any atom is 0.341 e. The van der Waals surface area contributed by atoms with Crippen molar-refractivity contribution in [3.8, 4) is 6.07 Å². The minimum atomic E-state index is -0.558. The molecule has 2 rings (SSSR count). The number of nitrogens with zero attached hydrogens (tertiary/aromatic N) is 1. The highest BCUT2D eigenvalue weighted by atomic mass is 32.1. The molecule has 0 aliphatic rings. The zero-order valence-corrected chi connectivity index (χ0v) is 16.9. The van der Waals surface area contributed by atoms with E-state index in [1.807, 2.05) is 37.3 Å². The number of benzene rings is 1. The van der Waals surface area contributed by atoms with Crippen LogP contribution >= 0.6 is 11.3 Å². The number of esters is 1. The summed E-state index contributed by atoms with van der Waals surface area (Å²) >= 11 is 1.28. The molecule has 27 heavy (non-hydrogen) atoms. The summed E-state index contributed by atoms with van der Waals surface area (Å²) in [5.74, 6) is -0.667. The molecule has 1 amide bonds. The average molecular weight is 382 g/mol. The number of nitrogens with one attached hydrogen (secondary N) is 1. The number of anilines is 1. The Morgan fingerprint density at radius 2 is 1.85 bits per heavy atom. The summed E-state index contributed by atoms with van der Waals surface area (Å²) in [7, 11) is 1.29. The average Bonchev–Trinajstić information content (AvgIpc) is 2.92. The normalized spacial score (nSPS) is 11.2. The van der Waals surface area contributed by atoms with Crippen molar-refractivity contribution in [3.63, 3.8) is 0 Å². The van der Waals surface area contributed by atoms with Crippen molar-refractivity contribution in [2.75, 3.05) is 12.4 Å². The standard InChI is InChI=1S/C21H22N2O3S/c1-12(2)16-8-6-15(7-9-16)10-17(11-22)19(24)23-20-18(21(25)26-5)13(3)14(4)27-20/h6-10,12H,1-5H3,(H,23,24). The first-order valence-electron chi connectivity index (χ1n) is 8.49. The number of nitriles is 1. The molecule has 1 heterocycles. The van der Waals surface area contributed by atoms with Gasteiger partial charge in [0.05, 0.1) is 12.7 Å². The predicted octanol–water partition coefficient (Wildman–Crippen LogP) is 4.82. The van der Waals surface area contributed by atoms with E-state index in [0.717, 1.165) is 16.0 Å². The van der Waals surface area contributed by atoms with Gasteiger partial charge in [0.25, 0.3) is 5.91 Å². The molecule has 5 nitrogen and oxygen atoms in total. The largest absolute Gasteiger partial charge is 0.465 e. The Morgan fingerprint density at radius 3 is 2.37 bits per heavy atom. The van der Waals surface area contributed by atoms with Gasteiger partial charge in [0.2, 0.25) is 0 Å². The van der Waals surface area contributed by atoms with Gasteiger partial charge in [0, 0.05) is 4.88 Å². The van der Waals surface area contributed by atoms with Crippen LogP contribution in [0.4, 0.5) is 5.00 Å². The van der Waals surface area contributed by atoms with Crippen molar-refractivity contribution in [2.45, 2.75) is 33.6 Å². The summed E-state index contributed by atoms with van der Waals surface area (Å²) in [4.78, 5) is 25.5. The number of carbonyl (C=O) groups is 2. The first-order valence-corrected chi connectivity index (χ1v) is 9.31. The number of ether oxygens (including phenoxy) is 1. The van der Waals surface area contributed by atoms with E-state index >= 15 is 0 Å². The lowest BCUT2D eigenvalue weighted by molar-refractivity contribution is -0.112. The molecule has 6 heteroatoms. The SMILES string of the molecule is COC(=O)c1c(NC(=O)C(C#N)=Cc2ccc(C(C)C)cc2)sc(C)c1C. The Bertz CT molecular complexity index is 932. The summed E-state index contributed by atoms with van der Waals surface area (Å²) in [6.45, 7) is 7.86. The fraction of sp³-hybridized carbons (Fsp3) is 0.286. The van der Waals surface area contributed by atoms with E-state index in [2.05, 4.69) is 19.2 Å². The van der Waals surface area contributed by atoms with Crippen molar-refractivity contribution in [3.05, 3.63) is 57.0 Å². The van der Waals surface area contributed by atoms with Gasteiger partial charge in [-0.3, -0.25) is 4.79 Å². The molecule has 0 aliphatic carbocycles. The van der Waals surface area contributed by atoms with Crippen LogP contribution in [-0.4, -0.2) is 19.0 Å². The van der Waals surface area contributed by atoms with Gasteiger partial charge in [-0.2, -0.15) is 5.26 Å². The van der Waals surface area contributed by atoms with E-state index in [0.29, 0.717) is 16.5 Å². The van der Waals surface area contributed by atoms with Crippen molar-refractivity contribution >= 4 is 34.3 Å². The van der Waals surface area contributed by atoms with Crippen LogP contribution in [0, 0.1) is 25.2 Å². The number of hydrogen-bond donors (Lipinski definition) is 1. The molecule has 0 saturated carbocycles. The summed E-state index contributed by atoms with van der Waals surface area (Å²) < 4.78 is 4.80. The minimum Gasteiger partial charge on any atom is -0.465 e. The lowest BCUT2D eigenvalue weighted by atomic mass is 10.0. The second-order valence-corrected chi connectivity index (χ2v) is 7.65. The van der Waals surface area contributed by atoms with Gasteiger partial charge < -0.3 is 10.1 Å². The van der Waals surface area contributed by atoms with Crippen LogP contribution < -0.4 is 5.32 Å². The van der Waals surface area contributed by atoms with Gasteiger partial charge in [-0.1, -0.05) is 38.1 Å². The maximum atomic E-state index is 12.6. The van der Waals surface area contributed by atoms with Gasteiger partial charge >= 0.3 is 5.97 Å². The number of thiophene rings is 1. The number of rotatable bonds is 5. The molecular formula is C21H22N2O3S. The molecule has 0 fully saturated rings. The minimum absolute atomic E-state index is 0.0354. The van der Waals surface area contributed by atoms with Crippen LogP contribution in [0.15, 0.2) is 29.8 Å². The smallest absolute Gasteiger partial charge is 0.341 e. The Morgan fingerprint density at radius 1 is 1.22 bits per heavy atom. The van der Waals surface area contributed by atoms with E-state index in [4.69, 9.17) is 4.74 Å². The van der Waals surface area contributed by atoms with Crippen molar-refractivity contribution < 1.29 is 14.3 Å². The van der Waals surface area contributed by atoms with E-state index in [1.165, 1.54) is 30.1 Å². The first kappa shape index (κ1) is 20.4. The van der Waals surface area contributed by atoms with Crippen molar-refractivity contribution in [1.29, 1.82) is 5.26 Å². The Hall–Kier alpha value is -2.91. The van der Waals surface area contributed by atoms with Crippen LogP contribution in [0.2, 0.25) is 0 Å². The molecule has 0 atom stereocenters. The molecule has 0 unspecified atom stereocenters. The monoisotopic (exact) mass is 382 g/mol. The molecule has 0 saturated heterocycles. The molecule has 0 bridgehead atoms. The predicted molar refractivity (Wildman–Crippen MR) is 108 cm³/mol. The lowest BCUT2D eigenvalue weighted by Crippen LogP contribution is -2.15. The maximum absolute atomic E-state index is 12.6. The van der Waals surface area contributed by atoms with Crippen LogP contribution in [0.5, 0.6) is 0 Å². The van der Waals surface area contributed by atoms with Gasteiger partial charge in [-0.15, -0.1) is 11.3 Å². The number of amides is 1. The quantitative estimate of drug-likeness (QED) is 0.457. The van der Waals surface area contributed by atoms with Crippen LogP contribution in [0.25, 0.3) is 6.08 Å². The van der Waals surface area contributed by atoms with Crippen LogP contribution in [0.3, 0.4) is 0 Å². The molecule has 1 aromatic heterocycles. The van der Waals surface area contributed by atoms with E-state index in [-0.39, 0.29) is 5.57 Å². The van der Waals surface area contributed by atoms with Gasteiger partial charge in [-0.05, 0) is 42.5 Å². The molecule has 140 valence electrons.